The molecule has 38 heavy (non-hydrogen) atoms. The Bertz CT molecular complexity index is 1310. The van der Waals surface area contributed by atoms with Crippen molar-refractivity contribution < 1.29 is 14.3 Å². The fraction of sp³-hybridized carbons (Fsp3) is 0.367. The summed E-state index contributed by atoms with van der Waals surface area (Å²) in [6.07, 6.45) is 9.50. The molecule has 0 unspecified atom stereocenters. The van der Waals surface area contributed by atoms with Gasteiger partial charge >= 0.3 is 0 Å². The molecule has 0 spiro atoms. The van der Waals surface area contributed by atoms with E-state index in [1.54, 1.807) is 7.11 Å². The minimum atomic E-state index is 0.0164. The summed E-state index contributed by atoms with van der Waals surface area (Å²) < 4.78 is 11.5. The van der Waals surface area contributed by atoms with Crippen LogP contribution in [0.15, 0.2) is 63.8 Å². The van der Waals surface area contributed by atoms with Crippen LogP contribution >= 0.6 is 23.1 Å². The zero-order chi connectivity index (χ0) is 26.3. The van der Waals surface area contributed by atoms with Gasteiger partial charge in [-0.1, -0.05) is 69.0 Å². The molecule has 5 rings (SSSR count). The van der Waals surface area contributed by atoms with Crippen molar-refractivity contribution in [1.82, 2.24) is 9.88 Å². The molecule has 0 atom stereocenters. The average molecular weight is 548 g/mol. The Labute approximate surface area is 232 Å². The van der Waals surface area contributed by atoms with Gasteiger partial charge in [0.2, 0.25) is 5.13 Å². The maximum Gasteiger partial charge on any atom is 0.267 e. The van der Waals surface area contributed by atoms with Crippen molar-refractivity contribution in [3.63, 3.8) is 0 Å². The summed E-state index contributed by atoms with van der Waals surface area (Å²) in [5, 5.41) is 3.40. The van der Waals surface area contributed by atoms with Crippen LogP contribution in [0.25, 0.3) is 17.3 Å². The fourth-order valence-electron chi connectivity index (χ4n) is 4.74. The molecule has 2 aliphatic rings. The highest BCUT2D eigenvalue weighted by Crippen LogP contribution is 2.40. The van der Waals surface area contributed by atoms with E-state index in [2.05, 4.69) is 6.92 Å². The molecule has 0 radical (unpaired) electrons. The number of aromatic nitrogens is 1. The quantitative estimate of drug-likeness (QED) is 0.201. The Morgan fingerprint density at radius 1 is 1.11 bits per heavy atom. The topological polar surface area (TPSA) is 64.0 Å². The first kappa shape index (κ1) is 26.5. The van der Waals surface area contributed by atoms with Crippen LogP contribution in [-0.2, 0) is 4.79 Å². The summed E-state index contributed by atoms with van der Waals surface area (Å²) in [7, 11) is 1.64. The van der Waals surface area contributed by atoms with Gasteiger partial charge in [0.05, 0.1) is 24.3 Å². The molecular formula is C30H33N3O3S2. The average Bonchev–Trinajstić information content (AvgIpc) is 3.54. The van der Waals surface area contributed by atoms with Gasteiger partial charge in [-0.3, -0.25) is 9.69 Å². The van der Waals surface area contributed by atoms with Crippen LogP contribution in [0.1, 0.15) is 57.4 Å². The van der Waals surface area contributed by atoms with E-state index in [1.165, 1.54) is 29.5 Å². The molecule has 2 heterocycles. The molecule has 1 saturated heterocycles. The molecule has 0 bridgehead atoms. The minimum absolute atomic E-state index is 0.0164. The van der Waals surface area contributed by atoms with Crippen molar-refractivity contribution in [3.8, 4) is 22.8 Å². The molecular weight excluding hydrogens is 514 g/mol. The first-order valence-corrected chi connectivity index (χ1v) is 15.0. The maximum atomic E-state index is 13.7. The highest BCUT2D eigenvalue weighted by molar-refractivity contribution is 8.18. The Balaban J connectivity index is 1.43. The zero-order valence-electron chi connectivity index (χ0n) is 21.9. The van der Waals surface area contributed by atoms with E-state index in [4.69, 9.17) is 19.5 Å². The molecule has 6 nitrogen and oxygen atoms in total. The van der Waals surface area contributed by atoms with Gasteiger partial charge in [-0.05, 0) is 54.8 Å². The summed E-state index contributed by atoms with van der Waals surface area (Å²) in [6, 6.07) is 16.1. The SMILES string of the molecule is CCCCOc1ccc(/C=C2\S/C(=N/c3nc(-c4ccccc4)cs3)N(C3CCCCC3)C2=O)cc1OC. The van der Waals surface area contributed by atoms with Crippen LogP contribution in [0, 0.1) is 0 Å². The van der Waals surface area contributed by atoms with Crippen molar-refractivity contribution in [2.45, 2.75) is 57.9 Å². The Hall–Kier alpha value is -3.10. The smallest absolute Gasteiger partial charge is 0.267 e. The lowest BCUT2D eigenvalue weighted by atomic mass is 9.94. The molecule has 1 aromatic heterocycles. The van der Waals surface area contributed by atoms with E-state index in [-0.39, 0.29) is 11.9 Å². The number of hydrogen-bond donors (Lipinski definition) is 0. The summed E-state index contributed by atoms with van der Waals surface area (Å²) in [6.45, 7) is 2.79. The molecule has 1 aliphatic heterocycles. The number of nitrogens with zero attached hydrogens (tertiary/aromatic N) is 3. The number of ether oxygens (including phenoxy) is 2. The molecule has 0 N–H and O–H groups in total. The second-order valence-electron chi connectivity index (χ2n) is 9.47. The summed E-state index contributed by atoms with van der Waals surface area (Å²) in [5.41, 5.74) is 2.86. The number of thioether (sulfide) groups is 1. The Morgan fingerprint density at radius 3 is 2.68 bits per heavy atom. The predicted octanol–water partition coefficient (Wildman–Crippen LogP) is 7.93. The zero-order valence-corrected chi connectivity index (χ0v) is 23.5. The monoisotopic (exact) mass is 547 g/mol. The van der Waals surface area contributed by atoms with Crippen molar-refractivity contribution in [2.75, 3.05) is 13.7 Å². The lowest BCUT2D eigenvalue weighted by Crippen LogP contribution is -2.40. The normalized spacial score (nSPS) is 18.5. The number of rotatable bonds is 9. The fourth-order valence-corrected chi connectivity index (χ4v) is 6.53. The van der Waals surface area contributed by atoms with Gasteiger partial charge in [-0.25, -0.2) is 4.98 Å². The number of hydrogen-bond acceptors (Lipinski definition) is 7. The number of carbonyl (C=O) groups is 1. The van der Waals surface area contributed by atoms with Crippen LogP contribution in [-0.4, -0.2) is 40.7 Å². The summed E-state index contributed by atoms with van der Waals surface area (Å²) in [4.78, 5) is 25.9. The predicted molar refractivity (Wildman–Crippen MR) is 157 cm³/mol. The molecule has 198 valence electrons. The van der Waals surface area contributed by atoms with Crippen molar-refractivity contribution in [2.24, 2.45) is 4.99 Å². The van der Waals surface area contributed by atoms with Gasteiger partial charge < -0.3 is 9.47 Å². The number of amides is 1. The van der Waals surface area contributed by atoms with Gasteiger partial charge in [0.1, 0.15) is 0 Å². The molecule has 8 heteroatoms. The number of thiazole rings is 1. The van der Waals surface area contributed by atoms with E-state index in [9.17, 15) is 4.79 Å². The number of benzene rings is 2. The largest absolute Gasteiger partial charge is 0.493 e. The van der Waals surface area contributed by atoms with Gasteiger partial charge in [0, 0.05) is 17.0 Å². The molecule has 1 aliphatic carbocycles. The van der Waals surface area contributed by atoms with Crippen LogP contribution in [0.2, 0.25) is 0 Å². The van der Waals surface area contributed by atoms with E-state index in [0.717, 1.165) is 61.1 Å². The van der Waals surface area contributed by atoms with Crippen LogP contribution in [0.4, 0.5) is 5.13 Å². The maximum absolute atomic E-state index is 13.7. The van der Waals surface area contributed by atoms with Gasteiger partial charge in [-0.15, -0.1) is 11.3 Å². The van der Waals surface area contributed by atoms with Gasteiger partial charge in [0.25, 0.3) is 5.91 Å². The molecule has 1 amide bonds. The third-order valence-corrected chi connectivity index (χ3v) is 8.49. The van der Waals surface area contributed by atoms with Crippen molar-refractivity contribution in [3.05, 3.63) is 64.4 Å². The number of carbonyl (C=O) groups excluding carboxylic acids is 1. The molecule has 3 aromatic rings. The van der Waals surface area contributed by atoms with E-state index < -0.39 is 0 Å². The first-order chi connectivity index (χ1) is 18.7. The van der Waals surface area contributed by atoms with Crippen LogP contribution < -0.4 is 9.47 Å². The number of unbranched alkanes of at least 4 members (excludes halogenated alkanes) is 1. The lowest BCUT2D eigenvalue weighted by molar-refractivity contribution is -0.124. The van der Waals surface area contributed by atoms with Crippen molar-refractivity contribution in [1.29, 1.82) is 0 Å². The highest BCUT2D eigenvalue weighted by Gasteiger charge is 2.39. The minimum Gasteiger partial charge on any atom is -0.493 e. The third kappa shape index (κ3) is 6.13. The van der Waals surface area contributed by atoms with E-state index >= 15 is 0 Å². The number of amidine groups is 1. The summed E-state index contributed by atoms with van der Waals surface area (Å²) >= 11 is 2.93. The molecule has 1 saturated carbocycles. The Kier molecular flexibility index (Phi) is 8.81. The van der Waals surface area contributed by atoms with Crippen molar-refractivity contribution >= 4 is 45.4 Å². The third-order valence-electron chi connectivity index (χ3n) is 6.77. The lowest BCUT2D eigenvalue weighted by Gasteiger charge is -2.30. The standard InChI is InChI=1S/C30H33N3O3S2/c1-3-4-17-36-25-16-15-21(18-26(25)35-2)19-27-28(34)33(23-13-9-6-10-14-23)30(38-27)32-29-31-24(20-37-29)22-11-7-5-8-12-22/h5,7-8,11-12,15-16,18-20,23H,3-4,6,9-10,13-14,17H2,1-2H3/b27-19-,32-30+. The van der Waals surface area contributed by atoms with Crippen LogP contribution in [0.3, 0.4) is 0 Å². The second kappa shape index (κ2) is 12.6. The highest BCUT2D eigenvalue weighted by atomic mass is 32.2. The molecule has 2 aromatic carbocycles. The van der Waals surface area contributed by atoms with Gasteiger partial charge in [-0.2, -0.15) is 4.99 Å². The molecule has 2 fully saturated rings. The Morgan fingerprint density at radius 2 is 1.92 bits per heavy atom. The van der Waals surface area contributed by atoms with Gasteiger partial charge in [0.15, 0.2) is 16.7 Å². The number of aliphatic imine (C=N–C) groups is 1. The summed E-state index contributed by atoms with van der Waals surface area (Å²) in [5.74, 6) is 1.40. The van der Waals surface area contributed by atoms with E-state index in [1.807, 2.05) is 64.9 Å². The second-order valence-corrected chi connectivity index (χ2v) is 11.3. The first-order valence-electron chi connectivity index (χ1n) is 13.3. The van der Waals surface area contributed by atoms with E-state index in [0.29, 0.717) is 27.6 Å². The van der Waals surface area contributed by atoms with Crippen LogP contribution in [0.5, 0.6) is 11.5 Å². The number of methoxy groups -OCH3 is 1.